The molecule has 4 rings (SSSR count). The molecule has 1 atom stereocenters. The maximum atomic E-state index is 13.1. The first-order chi connectivity index (χ1) is 14.1. The number of hydrogen-bond donors (Lipinski definition) is 1. The number of fused-ring (bicyclic) bond motifs is 1. The van der Waals surface area contributed by atoms with Gasteiger partial charge in [0.2, 0.25) is 0 Å². The van der Waals surface area contributed by atoms with Crippen molar-refractivity contribution in [1.82, 2.24) is 14.5 Å². The molecule has 2 saturated heterocycles. The fraction of sp³-hybridized carbons (Fsp3) is 0.696. The van der Waals surface area contributed by atoms with Gasteiger partial charge in [0.15, 0.2) is 8.32 Å². The summed E-state index contributed by atoms with van der Waals surface area (Å²) in [5.41, 5.74) is 3.41. The van der Waals surface area contributed by atoms with Crippen LogP contribution in [0, 0.1) is 5.92 Å². The minimum Gasteiger partial charge on any atom is -0.416 e. The van der Waals surface area contributed by atoms with Crippen LogP contribution in [0.4, 0.5) is 5.69 Å². The summed E-state index contributed by atoms with van der Waals surface area (Å²) in [6.45, 7) is 16.3. The molecule has 1 aromatic carbocycles. The smallest absolute Gasteiger partial charge is 0.329 e. The first-order valence-corrected chi connectivity index (χ1v) is 14.3. The topological polar surface area (TPSA) is 51.4 Å². The van der Waals surface area contributed by atoms with Crippen molar-refractivity contribution < 1.29 is 4.43 Å². The molecule has 6 nitrogen and oxygen atoms in total. The van der Waals surface area contributed by atoms with Crippen molar-refractivity contribution in [2.75, 3.05) is 37.7 Å². The van der Waals surface area contributed by atoms with Crippen LogP contribution in [-0.2, 0) is 11.5 Å². The molecule has 1 aromatic heterocycles. The predicted octanol–water partition coefficient (Wildman–Crippen LogP) is 3.72. The highest BCUT2D eigenvalue weighted by atomic mass is 28.4. The lowest BCUT2D eigenvalue weighted by Crippen LogP contribution is -2.51. The van der Waals surface area contributed by atoms with Gasteiger partial charge in [0, 0.05) is 39.2 Å². The molecule has 7 heteroatoms. The summed E-state index contributed by atoms with van der Waals surface area (Å²) in [7, 11) is 0.215. The SMILES string of the molecule is Cn1c(=O)n(C2CCCNC2)c2cccc(N3CC(CO[Si](C)(C)C(C)(C)C)C3)c21. The van der Waals surface area contributed by atoms with E-state index in [2.05, 4.69) is 62.3 Å². The Balaban J connectivity index is 1.52. The molecular weight excluding hydrogens is 392 g/mol. The molecule has 0 saturated carbocycles. The van der Waals surface area contributed by atoms with E-state index < -0.39 is 8.32 Å². The van der Waals surface area contributed by atoms with Crippen molar-refractivity contribution in [2.24, 2.45) is 13.0 Å². The minimum atomic E-state index is -1.70. The number of anilines is 1. The monoisotopic (exact) mass is 430 g/mol. The highest BCUT2D eigenvalue weighted by molar-refractivity contribution is 6.74. The van der Waals surface area contributed by atoms with E-state index in [0.717, 1.165) is 56.7 Å². The van der Waals surface area contributed by atoms with Crippen molar-refractivity contribution in [3.63, 3.8) is 0 Å². The Bertz CT molecular complexity index is 960. The predicted molar refractivity (Wildman–Crippen MR) is 127 cm³/mol. The average Bonchev–Trinajstić information content (AvgIpc) is 2.91. The van der Waals surface area contributed by atoms with E-state index in [1.165, 1.54) is 5.69 Å². The van der Waals surface area contributed by atoms with Gasteiger partial charge in [0.25, 0.3) is 0 Å². The van der Waals surface area contributed by atoms with Crippen LogP contribution in [0.5, 0.6) is 0 Å². The molecule has 1 unspecified atom stereocenters. The lowest BCUT2D eigenvalue weighted by molar-refractivity contribution is 0.203. The fourth-order valence-electron chi connectivity index (χ4n) is 4.49. The van der Waals surface area contributed by atoms with E-state index in [1.807, 2.05) is 16.2 Å². The molecule has 166 valence electrons. The standard InChI is InChI=1S/C23H38N4O2Si/c1-23(2,3)30(5,6)29-16-17-14-26(15-17)19-10-7-11-20-21(19)25(4)22(28)27(20)18-9-8-12-24-13-18/h7,10-11,17-18,24H,8-9,12-16H2,1-6H3. The van der Waals surface area contributed by atoms with E-state index in [9.17, 15) is 4.79 Å². The van der Waals surface area contributed by atoms with E-state index >= 15 is 0 Å². The molecule has 0 amide bonds. The largest absolute Gasteiger partial charge is 0.416 e. The highest BCUT2D eigenvalue weighted by Crippen LogP contribution is 2.38. The zero-order valence-corrected chi connectivity index (χ0v) is 20.5. The van der Waals surface area contributed by atoms with Gasteiger partial charge in [-0.15, -0.1) is 0 Å². The summed E-state index contributed by atoms with van der Waals surface area (Å²) in [6.07, 6.45) is 2.18. The van der Waals surface area contributed by atoms with Gasteiger partial charge < -0.3 is 14.6 Å². The highest BCUT2D eigenvalue weighted by Gasteiger charge is 2.39. The zero-order chi connectivity index (χ0) is 21.7. The molecule has 1 N–H and O–H groups in total. The summed E-state index contributed by atoms with van der Waals surface area (Å²) in [4.78, 5) is 15.5. The first kappa shape index (κ1) is 21.7. The summed E-state index contributed by atoms with van der Waals surface area (Å²) >= 11 is 0. The van der Waals surface area contributed by atoms with Gasteiger partial charge in [-0.2, -0.15) is 0 Å². The van der Waals surface area contributed by atoms with E-state index in [0.29, 0.717) is 5.92 Å². The maximum Gasteiger partial charge on any atom is 0.329 e. The van der Waals surface area contributed by atoms with Crippen molar-refractivity contribution in [1.29, 1.82) is 0 Å². The average molecular weight is 431 g/mol. The van der Waals surface area contributed by atoms with Crippen LogP contribution in [0.3, 0.4) is 0 Å². The van der Waals surface area contributed by atoms with Crippen LogP contribution in [0.1, 0.15) is 39.7 Å². The second-order valence-electron chi connectivity index (χ2n) is 10.7. The summed E-state index contributed by atoms with van der Waals surface area (Å²) < 4.78 is 10.3. The third kappa shape index (κ3) is 3.76. The molecule has 0 bridgehead atoms. The second-order valence-corrected chi connectivity index (χ2v) is 15.5. The lowest BCUT2D eigenvalue weighted by Gasteiger charge is -2.44. The van der Waals surface area contributed by atoms with Gasteiger partial charge in [-0.25, -0.2) is 4.79 Å². The Labute approximate surface area is 181 Å². The molecule has 2 aliphatic heterocycles. The van der Waals surface area contributed by atoms with Gasteiger partial charge >= 0.3 is 5.69 Å². The molecular formula is C23H38N4O2Si. The fourth-order valence-corrected chi connectivity index (χ4v) is 5.58. The number of benzene rings is 1. The number of rotatable bonds is 5. The summed E-state index contributed by atoms with van der Waals surface area (Å²) in [5.74, 6) is 0.566. The van der Waals surface area contributed by atoms with E-state index in [-0.39, 0.29) is 16.8 Å². The molecule has 2 aromatic rings. The van der Waals surface area contributed by atoms with Crippen molar-refractivity contribution in [3.8, 4) is 0 Å². The van der Waals surface area contributed by atoms with Gasteiger partial charge in [-0.05, 0) is 49.7 Å². The lowest BCUT2D eigenvalue weighted by atomic mass is 10.00. The van der Waals surface area contributed by atoms with Crippen molar-refractivity contribution >= 4 is 25.0 Å². The Kier molecular flexibility index (Phi) is 5.66. The van der Waals surface area contributed by atoms with Crippen LogP contribution >= 0.6 is 0 Å². The Morgan fingerprint density at radius 2 is 1.97 bits per heavy atom. The quantitative estimate of drug-likeness (QED) is 0.735. The van der Waals surface area contributed by atoms with Crippen LogP contribution in [0.2, 0.25) is 18.1 Å². The maximum absolute atomic E-state index is 13.1. The number of aromatic nitrogens is 2. The van der Waals surface area contributed by atoms with Crippen LogP contribution < -0.4 is 15.9 Å². The molecule has 3 heterocycles. The number of piperidine rings is 1. The molecule has 0 radical (unpaired) electrons. The van der Waals surface area contributed by atoms with Gasteiger partial charge in [0.05, 0.1) is 22.8 Å². The summed E-state index contributed by atoms with van der Waals surface area (Å²) in [5, 5.41) is 3.69. The third-order valence-corrected chi connectivity index (χ3v) is 12.0. The van der Waals surface area contributed by atoms with Crippen LogP contribution in [0.15, 0.2) is 23.0 Å². The minimum absolute atomic E-state index is 0.101. The van der Waals surface area contributed by atoms with Crippen molar-refractivity contribution in [2.45, 2.75) is 57.8 Å². The summed E-state index contributed by atoms with van der Waals surface area (Å²) in [6, 6.07) is 6.61. The number of aryl methyl sites for hydroxylation is 1. The molecule has 0 spiro atoms. The molecule has 0 aliphatic carbocycles. The number of hydrogen-bond acceptors (Lipinski definition) is 4. The molecule has 30 heavy (non-hydrogen) atoms. The van der Waals surface area contributed by atoms with E-state index in [4.69, 9.17) is 4.43 Å². The number of imidazole rings is 1. The second kappa shape index (κ2) is 7.84. The molecule has 2 fully saturated rings. The van der Waals surface area contributed by atoms with Gasteiger partial charge in [0.1, 0.15) is 0 Å². The first-order valence-electron chi connectivity index (χ1n) is 11.4. The molecule has 2 aliphatic rings. The Morgan fingerprint density at radius 3 is 2.60 bits per heavy atom. The third-order valence-electron chi connectivity index (χ3n) is 7.50. The van der Waals surface area contributed by atoms with Gasteiger partial charge in [-0.1, -0.05) is 26.8 Å². The van der Waals surface area contributed by atoms with Crippen LogP contribution in [-0.4, -0.2) is 50.2 Å². The zero-order valence-electron chi connectivity index (χ0n) is 19.5. The number of para-hydroxylation sites is 1. The Hall–Kier alpha value is -1.57. The van der Waals surface area contributed by atoms with Crippen LogP contribution in [0.25, 0.3) is 11.0 Å². The Morgan fingerprint density at radius 1 is 1.23 bits per heavy atom. The number of nitrogens with zero attached hydrogens (tertiary/aromatic N) is 3. The van der Waals surface area contributed by atoms with E-state index in [1.54, 1.807) is 0 Å². The van der Waals surface area contributed by atoms with Crippen molar-refractivity contribution in [3.05, 3.63) is 28.7 Å². The number of nitrogens with one attached hydrogen (secondary N) is 1. The normalized spacial score (nSPS) is 21.3. The van der Waals surface area contributed by atoms with Gasteiger partial charge in [-0.3, -0.25) is 9.13 Å².